The smallest absolute Gasteiger partial charge is 0.339 e. The third kappa shape index (κ3) is 4.05. The molecule has 3 heterocycles. The Bertz CT molecular complexity index is 1330. The van der Waals surface area contributed by atoms with Gasteiger partial charge in [0.1, 0.15) is 23.9 Å². The molecule has 4 aliphatic rings. The molecule has 12 nitrogen and oxygen atoms in total. The molecule has 4 fully saturated rings. The van der Waals surface area contributed by atoms with Crippen LogP contribution in [-0.4, -0.2) is 77.3 Å². The van der Waals surface area contributed by atoms with E-state index in [1.165, 1.54) is 33.5 Å². The SMILES string of the molecule is C=C1C2C[C@@H](OC(C)=O)[C@]3(C)[C@@H](c4ccoc4)OC(=O)[C@@H](O)[C@]13O[C@H]1C[C@H](OC(C)=O)C(C)(C)[C@H](C(O)C(=O)OC)[C@@]21C. The zero-order chi connectivity index (χ0) is 31.9. The maximum absolute atomic E-state index is 13.4. The summed E-state index contributed by atoms with van der Waals surface area (Å²) in [5.74, 6) is -4.60. The number of carbonyl (C=O) groups is 4. The molecular formula is C31H40O12. The summed E-state index contributed by atoms with van der Waals surface area (Å²) < 4.78 is 34.7. The number of hydrogen-bond donors (Lipinski definition) is 2. The van der Waals surface area contributed by atoms with Crippen molar-refractivity contribution in [3.8, 4) is 0 Å². The van der Waals surface area contributed by atoms with Gasteiger partial charge in [-0.1, -0.05) is 27.4 Å². The van der Waals surface area contributed by atoms with Gasteiger partial charge in [0.15, 0.2) is 12.2 Å². The predicted octanol–water partition coefficient (Wildman–Crippen LogP) is 2.41. The molecule has 0 radical (unpaired) electrons. The Morgan fingerprint density at radius 2 is 1.70 bits per heavy atom. The number of furan rings is 1. The summed E-state index contributed by atoms with van der Waals surface area (Å²) in [6.45, 7) is 14.1. The number of fused-ring (bicyclic) bond motifs is 3. The summed E-state index contributed by atoms with van der Waals surface area (Å²) >= 11 is 0. The minimum atomic E-state index is -1.87. The first-order chi connectivity index (χ1) is 20.0. The zero-order valence-electron chi connectivity index (χ0n) is 25.4. The molecule has 1 aromatic heterocycles. The van der Waals surface area contributed by atoms with Gasteiger partial charge in [0.25, 0.3) is 0 Å². The molecule has 2 N–H and O–H groups in total. The van der Waals surface area contributed by atoms with E-state index in [4.69, 9.17) is 28.1 Å². The number of cyclic esters (lactones) is 1. The number of aliphatic hydroxyl groups is 2. The monoisotopic (exact) mass is 604 g/mol. The molecule has 1 spiro atoms. The molecule has 11 atom stereocenters. The zero-order valence-corrected chi connectivity index (χ0v) is 25.4. The lowest BCUT2D eigenvalue weighted by atomic mass is 9.40. The van der Waals surface area contributed by atoms with Crippen LogP contribution in [0.2, 0.25) is 0 Å². The lowest BCUT2D eigenvalue weighted by Gasteiger charge is -2.72. The summed E-state index contributed by atoms with van der Waals surface area (Å²) in [6, 6.07) is 1.61. The van der Waals surface area contributed by atoms with Crippen molar-refractivity contribution < 1.29 is 57.5 Å². The Morgan fingerprint density at radius 1 is 1.07 bits per heavy atom. The molecule has 2 saturated carbocycles. The second kappa shape index (κ2) is 10.2. The molecule has 1 aromatic rings. The Labute approximate surface area is 249 Å². The third-order valence-electron chi connectivity index (χ3n) is 10.9. The number of rotatable bonds is 5. The summed E-state index contributed by atoms with van der Waals surface area (Å²) in [4.78, 5) is 51.2. The Morgan fingerprint density at radius 3 is 2.26 bits per heavy atom. The van der Waals surface area contributed by atoms with Gasteiger partial charge in [-0.2, -0.15) is 0 Å². The molecule has 0 amide bonds. The average molecular weight is 605 g/mol. The molecule has 2 aliphatic heterocycles. The predicted molar refractivity (Wildman–Crippen MR) is 146 cm³/mol. The Hall–Kier alpha value is -3.22. The fourth-order valence-electron chi connectivity index (χ4n) is 9.05. The van der Waals surface area contributed by atoms with E-state index in [-0.39, 0.29) is 12.8 Å². The molecule has 2 bridgehead atoms. The summed E-state index contributed by atoms with van der Waals surface area (Å²) in [6.07, 6.45) is -4.23. The van der Waals surface area contributed by atoms with E-state index in [1.807, 2.05) is 6.92 Å². The number of ether oxygens (including phenoxy) is 5. The largest absolute Gasteiger partial charge is 0.472 e. The van der Waals surface area contributed by atoms with Gasteiger partial charge < -0.3 is 38.3 Å². The van der Waals surface area contributed by atoms with Crippen LogP contribution in [0.15, 0.2) is 35.2 Å². The molecule has 2 unspecified atom stereocenters. The molecule has 2 saturated heterocycles. The summed E-state index contributed by atoms with van der Waals surface area (Å²) in [7, 11) is 1.17. The molecular weight excluding hydrogens is 564 g/mol. The first-order valence-corrected chi connectivity index (χ1v) is 14.4. The highest BCUT2D eigenvalue weighted by atomic mass is 16.6. The van der Waals surface area contributed by atoms with E-state index < -0.39 is 94.2 Å². The van der Waals surface area contributed by atoms with Gasteiger partial charge in [-0.3, -0.25) is 9.59 Å². The van der Waals surface area contributed by atoms with Gasteiger partial charge in [0, 0.05) is 42.6 Å². The van der Waals surface area contributed by atoms with E-state index in [9.17, 15) is 29.4 Å². The molecule has 12 heteroatoms. The maximum atomic E-state index is 13.4. The van der Waals surface area contributed by atoms with Crippen LogP contribution in [0.4, 0.5) is 0 Å². The van der Waals surface area contributed by atoms with Crippen LogP contribution in [0.5, 0.6) is 0 Å². The van der Waals surface area contributed by atoms with Crippen molar-refractivity contribution in [3.05, 3.63) is 36.3 Å². The first-order valence-electron chi connectivity index (χ1n) is 14.4. The van der Waals surface area contributed by atoms with Crippen molar-refractivity contribution >= 4 is 23.9 Å². The van der Waals surface area contributed by atoms with Crippen LogP contribution in [0.1, 0.15) is 66.1 Å². The maximum Gasteiger partial charge on any atom is 0.339 e. The number of esters is 4. The van der Waals surface area contributed by atoms with E-state index in [2.05, 4.69) is 6.58 Å². The summed E-state index contributed by atoms with van der Waals surface area (Å²) in [5, 5.41) is 23.3. The van der Waals surface area contributed by atoms with Crippen LogP contribution in [0.25, 0.3) is 0 Å². The number of carbonyl (C=O) groups excluding carboxylic acids is 4. The average Bonchev–Trinajstić information content (AvgIpc) is 3.45. The molecule has 5 rings (SSSR count). The van der Waals surface area contributed by atoms with Crippen molar-refractivity contribution in [2.45, 2.75) is 96.6 Å². The first kappa shape index (κ1) is 31.2. The molecule has 43 heavy (non-hydrogen) atoms. The fourth-order valence-corrected chi connectivity index (χ4v) is 9.05. The molecule has 236 valence electrons. The van der Waals surface area contributed by atoms with Gasteiger partial charge in [-0.15, -0.1) is 0 Å². The topological polar surface area (TPSA) is 168 Å². The van der Waals surface area contributed by atoms with E-state index in [0.717, 1.165) is 0 Å². The van der Waals surface area contributed by atoms with Gasteiger partial charge in [-0.25, -0.2) is 9.59 Å². The van der Waals surface area contributed by atoms with Crippen molar-refractivity contribution in [2.75, 3.05) is 7.11 Å². The van der Waals surface area contributed by atoms with Gasteiger partial charge in [0.05, 0.1) is 31.2 Å². The van der Waals surface area contributed by atoms with Crippen LogP contribution >= 0.6 is 0 Å². The highest BCUT2D eigenvalue weighted by molar-refractivity contribution is 5.80. The number of hydrogen-bond acceptors (Lipinski definition) is 12. The third-order valence-corrected chi connectivity index (χ3v) is 10.9. The second-order valence-corrected chi connectivity index (χ2v) is 13.3. The van der Waals surface area contributed by atoms with E-state index in [0.29, 0.717) is 11.1 Å². The van der Waals surface area contributed by atoms with E-state index in [1.54, 1.807) is 26.8 Å². The minimum Gasteiger partial charge on any atom is -0.472 e. The number of aliphatic hydroxyl groups excluding tert-OH is 2. The Kier molecular flexibility index (Phi) is 7.38. The van der Waals surface area contributed by atoms with Crippen LogP contribution in [0.3, 0.4) is 0 Å². The molecule has 0 aromatic carbocycles. The highest BCUT2D eigenvalue weighted by Gasteiger charge is 2.80. The standard InChI is InChI=1S/C31H40O12/c1-14-18-11-21(41-16(3)33)30(7)25(17-9-10-39-13-17)42-27(37)24(35)31(14,30)43-20-12-19(40-15(2)32)28(4,5)23(29(18,20)6)22(34)26(36)38-8/h9-10,13,18-25,34-35H,1,11-12H2,2-8H3/t18?,19-,20-,21+,22?,23-,24+,25+,29-,30+,31+/m0/s1. The minimum absolute atomic E-state index is 0.117. The van der Waals surface area contributed by atoms with Crippen molar-refractivity contribution in [1.29, 1.82) is 0 Å². The van der Waals surface area contributed by atoms with Gasteiger partial charge >= 0.3 is 23.9 Å². The lowest BCUT2D eigenvalue weighted by molar-refractivity contribution is -0.356. The van der Waals surface area contributed by atoms with Crippen LogP contribution in [-0.2, 0) is 42.9 Å². The lowest BCUT2D eigenvalue weighted by Crippen LogP contribution is -2.80. The second-order valence-electron chi connectivity index (χ2n) is 13.3. The quantitative estimate of drug-likeness (QED) is 0.287. The van der Waals surface area contributed by atoms with Crippen LogP contribution in [0, 0.1) is 28.1 Å². The highest BCUT2D eigenvalue weighted by Crippen LogP contribution is 2.72. The molecule has 2 aliphatic carbocycles. The van der Waals surface area contributed by atoms with Crippen molar-refractivity contribution in [1.82, 2.24) is 0 Å². The fraction of sp³-hybridized carbons (Fsp3) is 0.677. The normalized spacial score (nSPS) is 42.0. The Balaban J connectivity index is 1.77. The number of methoxy groups -OCH3 is 1. The van der Waals surface area contributed by atoms with E-state index >= 15 is 0 Å². The van der Waals surface area contributed by atoms with Gasteiger partial charge in [0.2, 0.25) is 0 Å². The summed E-state index contributed by atoms with van der Waals surface area (Å²) in [5.41, 5.74) is -4.56. The van der Waals surface area contributed by atoms with Crippen LogP contribution < -0.4 is 0 Å². The van der Waals surface area contributed by atoms with Crippen molar-refractivity contribution in [2.24, 2.45) is 28.1 Å². The van der Waals surface area contributed by atoms with Crippen molar-refractivity contribution in [3.63, 3.8) is 0 Å². The van der Waals surface area contributed by atoms with Gasteiger partial charge in [-0.05, 0) is 30.9 Å².